The summed E-state index contributed by atoms with van der Waals surface area (Å²) in [5, 5.41) is 19.7. The molecule has 0 radical (unpaired) electrons. The van der Waals surface area contributed by atoms with Crippen LogP contribution < -0.4 is 4.74 Å². The van der Waals surface area contributed by atoms with Crippen molar-refractivity contribution in [1.29, 1.82) is 5.26 Å². The Kier molecular flexibility index (Phi) is 3.82. The number of ether oxygens (including phenoxy) is 1. The van der Waals surface area contributed by atoms with Gasteiger partial charge in [-0.25, -0.2) is 0 Å². The number of benzene rings is 2. The monoisotopic (exact) mass is 339 g/mol. The lowest BCUT2D eigenvalue weighted by Gasteiger charge is -2.09. The van der Waals surface area contributed by atoms with Crippen LogP contribution in [0, 0.1) is 14.9 Å². The first-order valence-electron chi connectivity index (χ1n) is 5.12. The van der Waals surface area contributed by atoms with Gasteiger partial charge < -0.3 is 9.84 Å². The van der Waals surface area contributed by atoms with Crippen molar-refractivity contribution in [3.8, 4) is 11.8 Å². The molecule has 86 valence electrons. The van der Waals surface area contributed by atoms with Gasteiger partial charge in [0.15, 0.2) is 0 Å². The first kappa shape index (κ1) is 12.1. The fourth-order valence-electron chi connectivity index (χ4n) is 1.60. The summed E-state index contributed by atoms with van der Waals surface area (Å²) in [6, 6.07) is 11.5. The molecule has 0 saturated heterocycles. The summed E-state index contributed by atoms with van der Waals surface area (Å²) < 4.78 is 6.39. The average molecular weight is 339 g/mol. The van der Waals surface area contributed by atoms with Crippen molar-refractivity contribution in [3.05, 3.63) is 39.5 Å². The first-order chi connectivity index (χ1) is 8.26. The number of aliphatic hydroxyl groups excluding tert-OH is 1. The van der Waals surface area contributed by atoms with Crippen LogP contribution in [0.3, 0.4) is 0 Å². The van der Waals surface area contributed by atoms with E-state index in [1.807, 2.05) is 24.3 Å². The van der Waals surface area contributed by atoms with Gasteiger partial charge >= 0.3 is 0 Å². The van der Waals surface area contributed by atoms with E-state index in [1.165, 1.54) is 0 Å². The minimum atomic E-state index is -0.00759. The van der Waals surface area contributed by atoms with Crippen molar-refractivity contribution in [2.75, 3.05) is 13.2 Å². The molecule has 0 aliphatic rings. The molecule has 0 heterocycles. The molecule has 0 atom stereocenters. The van der Waals surface area contributed by atoms with Gasteiger partial charge in [0.2, 0.25) is 0 Å². The molecule has 0 aliphatic carbocycles. The van der Waals surface area contributed by atoms with E-state index in [-0.39, 0.29) is 13.2 Å². The molecule has 2 rings (SSSR count). The molecule has 0 aliphatic heterocycles. The van der Waals surface area contributed by atoms with Crippen LogP contribution >= 0.6 is 22.6 Å². The molecule has 0 saturated carbocycles. The van der Waals surface area contributed by atoms with Crippen LogP contribution in [0.2, 0.25) is 0 Å². The van der Waals surface area contributed by atoms with Gasteiger partial charge in [0.05, 0.1) is 21.8 Å². The van der Waals surface area contributed by atoms with Crippen LogP contribution in [0.4, 0.5) is 0 Å². The first-order valence-corrected chi connectivity index (χ1v) is 6.20. The number of fused-ring (bicyclic) bond motifs is 1. The van der Waals surface area contributed by atoms with Crippen LogP contribution in [0.15, 0.2) is 30.3 Å². The van der Waals surface area contributed by atoms with Gasteiger partial charge in [0, 0.05) is 5.39 Å². The maximum absolute atomic E-state index is 8.88. The SMILES string of the molecule is N#Cc1ccc2ccc(OCCO)c(I)c2c1. The third-order valence-corrected chi connectivity index (χ3v) is 3.51. The van der Waals surface area contributed by atoms with Crippen molar-refractivity contribution in [1.82, 2.24) is 0 Å². The molecule has 0 aromatic heterocycles. The Balaban J connectivity index is 2.53. The third-order valence-electron chi connectivity index (χ3n) is 2.40. The van der Waals surface area contributed by atoms with Crippen LogP contribution in [0.25, 0.3) is 10.8 Å². The lowest BCUT2D eigenvalue weighted by molar-refractivity contribution is 0.200. The van der Waals surface area contributed by atoms with E-state index in [2.05, 4.69) is 28.7 Å². The van der Waals surface area contributed by atoms with E-state index >= 15 is 0 Å². The number of hydrogen-bond donors (Lipinski definition) is 1. The summed E-state index contributed by atoms with van der Waals surface area (Å²) in [7, 11) is 0. The molecular formula is C13H10INO2. The second-order valence-corrected chi connectivity index (χ2v) is 4.58. The van der Waals surface area contributed by atoms with Gasteiger partial charge in [-0.2, -0.15) is 5.26 Å². The summed E-state index contributed by atoms with van der Waals surface area (Å²) in [4.78, 5) is 0. The highest BCUT2D eigenvalue weighted by Crippen LogP contribution is 2.30. The number of nitrogens with zero attached hydrogens (tertiary/aromatic N) is 1. The van der Waals surface area contributed by atoms with Gasteiger partial charge in [-0.15, -0.1) is 0 Å². The maximum atomic E-state index is 8.88. The Morgan fingerprint density at radius 3 is 2.76 bits per heavy atom. The number of nitriles is 1. The zero-order chi connectivity index (χ0) is 12.3. The van der Waals surface area contributed by atoms with E-state index in [4.69, 9.17) is 15.1 Å². The average Bonchev–Trinajstić information content (AvgIpc) is 2.38. The molecule has 0 bridgehead atoms. The van der Waals surface area contributed by atoms with Crippen LogP contribution in [-0.4, -0.2) is 18.3 Å². The Bertz CT molecular complexity index is 590. The molecule has 17 heavy (non-hydrogen) atoms. The van der Waals surface area contributed by atoms with E-state index < -0.39 is 0 Å². The Labute approximate surface area is 113 Å². The largest absolute Gasteiger partial charge is 0.490 e. The third kappa shape index (κ3) is 2.51. The summed E-state index contributed by atoms with van der Waals surface area (Å²) in [6.45, 7) is 0.270. The minimum Gasteiger partial charge on any atom is -0.490 e. The zero-order valence-corrected chi connectivity index (χ0v) is 11.1. The van der Waals surface area contributed by atoms with Crippen LogP contribution in [0.1, 0.15) is 5.56 Å². The number of hydrogen-bond acceptors (Lipinski definition) is 3. The van der Waals surface area contributed by atoms with Crippen molar-refractivity contribution in [2.45, 2.75) is 0 Å². The Hall–Kier alpha value is -1.32. The van der Waals surface area contributed by atoms with Crippen LogP contribution in [0.5, 0.6) is 5.75 Å². The van der Waals surface area contributed by atoms with Gasteiger partial charge in [-0.1, -0.05) is 12.1 Å². The molecule has 0 amide bonds. The highest BCUT2D eigenvalue weighted by Gasteiger charge is 2.06. The fourth-order valence-corrected chi connectivity index (χ4v) is 2.40. The van der Waals surface area contributed by atoms with Crippen molar-refractivity contribution < 1.29 is 9.84 Å². The molecule has 2 aromatic carbocycles. The van der Waals surface area contributed by atoms with Crippen molar-refractivity contribution >= 4 is 33.4 Å². The van der Waals surface area contributed by atoms with Crippen molar-refractivity contribution in [2.24, 2.45) is 0 Å². The lowest BCUT2D eigenvalue weighted by atomic mass is 10.1. The normalized spacial score (nSPS) is 10.2. The van der Waals surface area contributed by atoms with Crippen molar-refractivity contribution in [3.63, 3.8) is 0 Å². The molecule has 3 nitrogen and oxygen atoms in total. The molecule has 0 fully saturated rings. The molecular weight excluding hydrogens is 329 g/mol. The summed E-state index contributed by atoms with van der Waals surface area (Å²) in [5.74, 6) is 0.738. The van der Waals surface area contributed by atoms with Gasteiger partial charge in [-0.05, 0) is 46.2 Å². The molecule has 4 heteroatoms. The second kappa shape index (κ2) is 5.34. The highest BCUT2D eigenvalue weighted by molar-refractivity contribution is 14.1. The Morgan fingerprint density at radius 2 is 2.06 bits per heavy atom. The van der Waals surface area contributed by atoms with Gasteiger partial charge in [0.25, 0.3) is 0 Å². The summed E-state index contributed by atoms with van der Waals surface area (Å²) >= 11 is 2.20. The number of rotatable bonds is 3. The predicted octanol–water partition coefficient (Wildman–Crippen LogP) is 2.69. The summed E-state index contributed by atoms with van der Waals surface area (Å²) in [5.41, 5.74) is 0.634. The lowest BCUT2D eigenvalue weighted by Crippen LogP contribution is -2.02. The van der Waals surface area contributed by atoms with Gasteiger partial charge in [0.1, 0.15) is 12.4 Å². The molecule has 0 spiro atoms. The molecule has 2 aromatic rings. The van der Waals surface area contributed by atoms with E-state index in [9.17, 15) is 0 Å². The summed E-state index contributed by atoms with van der Waals surface area (Å²) in [6.07, 6.45) is 0. The second-order valence-electron chi connectivity index (χ2n) is 3.50. The maximum Gasteiger partial charge on any atom is 0.133 e. The Morgan fingerprint density at radius 1 is 1.29 bits per heavy atom. The van der Waals surface area contributed by atoms with E-state index in [0.717, 1.165) is 20.1 Å². The number of halogens is 1. The predicted molar refractivity (Wildman–Crippen MR) is 74.0 cm³/mol. The number of aliphatic hydroxyl groups is 1. The zero-order valence-electron chi connectivity index (χ0n) is 8.98. The standard InChI is InChI=1S/C13H10INO2/c14-13-11-7-9(8-15)1-2-10(11)3-4-12(13)17-6-5-16/h1-4,7,16H,5-6H2. The molecule has 1 N–H and O–H groups in total. The minimum absolute atomic E-state index is 0.00759. The fraction of sp³-hybridized carbons (Fsp3) is 0.154. The topological polar surface area (TPSA) is 53.2 Å². The van der Waals surface area contributed by atoms with E-state index in [0.29, 0.717) is 5.56 Å². The van der Waals surface area contributed by atoms with E-state index in [1.54, 1.807) is 6.07 Å². The quantitative estimate of drug-likeness (QED) is 0.875. The highest BCUT2D eigenvalue weighted by atomic mass is 127. The molecule has 0 unspecified atom stereocenters. The smallest absolute Gasteiger partial charge is 0.133 e. The van der Waals surface area contributed by atoms with Gasteiger partial charge in [-0.3, -0.25) is 0 Å². The van der Waals surface area contributed by atoms with Crippen LogP contribution in [-0.2, 0) is 0 Å².